The van der Waals surface area contributed by atoms with Crippen molar-refractivity contribution in [2.45, 2.75) is 47.1 Å². The molecule has 0 saturated carbocycles. The van der Waals surface area contributed by atoms with Gasteiger partial charge in [-0.2, -0.15) is 0 Å². The number of carbonyl (C=O) groups is 1. The van der Waals surface area contributed by atoms with E-state index in [2.05, 4.69) is 15.5 Å². The summed E-state index contributed by atoms with van der Waals surface area (Å²) < 4.78 is 7.28. The minimum absolute atomic E-state index is 0.00152. The molecule has 7 heteroatoms. The molecule has 0 aliphatic carbocycles. The predicted octanol–water partition coefficient (Wildman–Crippen LogP) is 2.36. The van der Waals surface area contributed by atoms with Crippen molar-refractivity contribution in [3.8, 4) is 11.4 Å². The van der Waals surface area contributed by atoms with Gasteiger partial charge in [-0.15, -0.1) is 5.10 Å². The molecule has 2 aromatic heterocycles. The van der Waals surface area contributed by atoms with Crippen LogP contribution < -0.4 is 0 Å². The predicted molar refractivity (Wildman–Crippen MR) is 75.8 cm³/mol. The van der Waals surface area contributed by atoms with Crippen LogP contribution >= 0.6 is 0 Å². The topological polar surface area (TPSA) is 94.0 Å². The second kappa shape index (κ2) is 6.07. The summed E-state index contributed by atoms with van der Waals surface area (Å²) in [7, 11) is 0. The fraction of sp³-hybridized carbons (Fsp3) is 0.571. The maximum atomic E-state index is 10.9. The van der Waals surface area contributed by atoms with Gasteiger partial charge in [0.25, 0.3) is 0 Å². The molecule has 2 rings (SSSR count). The number of nitrogens with zero attached hydrogens (tertiary/aromatic N) is 4. The van der Waals surface area contributed by atoms with E-state index in [0.717, 1.165) is 29.1 Å². The Morgan fingerprint density at radius 3 is 2.57 bits per heavy atom. The number of aromatic nitrogens is 4. The molecule has 0 radical (unpaired) electrons. The number of carboxylic acid groups (broad SMARTS) is 1. The molecular weight excluding hydrogens is 272 g/mol. The van der Waals surface area contributed by atoms with E-state index in [4.69, 9.17) is 9.52 Å². The molecule has 2 heterocycles. The molecule has 0 saturated heterocycles. The van der Waals surface area contributed by atoms with Crippen LogP contribution in [0.5, 0.6) is 0 Å². The van der Waals surface area contributed by atoms with Gasteiger partial charge in [0, 0.05) is 18.5 Å². The third-order valence-corrected chi connectivity index (χ3v) is 3.79. The van der Waals surface area contributed by atoms with E-state index in [0.29, 0.717) is 12.4 Å². The number of rotatable bonds is 6. The highest BCUT2D eigenvalue weighted by atomic mass is 16.4. The Kier molecular flexibility index (Phi) is 4.40. The maximum absolute atomic E-state index is 10.9. The zero-order valence-electron chi connectivity index (χ0n) is 12.8. The molecular formula is C14H20N4O3. The summed E-state index contributed by atoms with van der Waals surface area (Å²) in [6.07, 6.45) is 0.867. The molecule has 0 bridgehead atoms. The normalized spacial score (nSPS) is 12.6. The van der Waals surface area contributed by atoms with Crippen LogP contribution in [0.1, 0.15) is 36.8 Å². The van der Waals surface area contributed by atoms with Crippen molar-refractivity contribution in [1.29, 1.82) is 0 Å². The number of hydrogen-bond acceptors (Lipinski definition) is 5. The van der Waals surface area contributed by atoms with Crippen LogP contribution in [0.15, 0.2) is 4.42 Å². The van der Waals surface area contributed by atoms with Gasteiger partial charge in [0.05, 0.1) is 5.56 Å². The second-order valence-electron chi connectivity index (χ2n) is 5.27. The first-order chi connectivity index (χ1) is 9.93. The molecule has 0 fully saturated rings. The number of tetrazole rings is 1. The summed E-state index contributed by atoms with van der Waals surface area (Å²) >= 11 is 0. The number of carboxylic acids is 1. The zero-order chi connectivity index (χ0) is 15.6. The van der Waals surface area contributed by atoms with Gasteiger partial charge in [0.1, 0.15) is 11.5 Å². The summed E-state index contributed by atoms with van der Waals surface area (Å²) in [6.45, 7) is 8.20. The van der Waals surface area contributed by atoms with Crippen LogP contribution in [0.25, 0.3) is 11.4 Å². The molecule has 0 aromatic carbocycles. The SMILES string of the molecule is CCC(CC(=O)O)Cn1nnnc1-c1c(C)oc(C)c1C. The summed E-state index contributed by atoms with van der Waals surface area (Å²) in [4.78, 5) is 10.9. The Bertz CT molecular complexity index is 645. The average Bonchev–Trinajstić information content (AvgIpc) is 2.94. The molecule has 114 valence electrons. The molecule has 1 atom stereocenters. The van der Waals surface area contributed by atoms with Crippen molar-refractivity contribution in [3.63, 3.8) is 0 Å². The first-order valence-electron chi connectivity index (χ1n) is 6.98. The number of furan rings is 1. The van der Waals surface area contributed by atoms with Crippen molar-refractivity contribution in [3.05, 3.63) is 17.1 Å². The Hall–Kier alpha value is -2.18. The van der Waals surface area contributed by atoms with Gasteiger partial charge in [-0.3, -0.25) is 4.79 Å². The van der Waals surface area contributed by atoms with Crippen LogP contribution in [-0.2, 0) is 11.3 Å². The Morgan fingerprint density at radius 1 is 1.33 bits per heavy atom. The Morgan fingerprint density at radius 2 is 2.05 bits per heavy atom. The van der Waals surface area contributed by atoms with E-state index in [1.165, 1.54) is 0 Å². The van der Waals surface area contributed by atoms with E-state index in [1.807, 2.05) is 27.7 Å². The lowest BCUT2D eigenvalue weighted by Crippen LogP contribution is -2.16. The molecule has 0 aliphatic rings. The minimum Gasteiger partial charge on any atom is -0.481 e. The molecule has 7 nitrogen and oxygen atoms in total. The standard InChI is InChI=1S/C14H20N4O3/c1-5-11(6-12(19)20)7-18-14(15-16-17-18)13-8(2)9(3)21-10(13)4/h11H,5-7H2,1-4H3,(H,19,20). The number of hydrogen-bond donors (Lipinski definition) is 1. The lowest BCUT2D eigenvalue weighted by Gasteiger charge is -2.13. The smallest absolute Gasteiger partial charge is 0.303 e. The fourth-order valence-electron chi connectivity index (χ4n) is 2.46. The van der Waals surface area contributed by atoms with Crippen molar-refractivity contribution in [2.24, 2.45) is 5.92 Å². The molecule has 21 heavy (non-hydrogen) atoms. The maximum Gasteiger partial charge on any atom is 0.303 e. The van der Waals surface area contributed by atoms with Crippen molar-refractivity contribution >= 4 is 5.97 Å². The van der Waals surface area contributed by atoms with Crippen LogP contribution in [0.3, 0.4) is 0 Å². The minimum atomic E-state index is -0.803. The van der Waals surface area contributed by atoms with Crippen LogP contribution in [0.2, 0.25) is 0 Å². The highest BCUT2D eigenvalue weighted by Crippen LogP contribution is 2.30. The van der Waals surface area contributed by atoms with E-state index in [-0.39, 0.29) is 12.3 Å². The third kappa shape index (κ3) is 3.12. The van der Waals surface area contributed by atoms with Crippen molar-refractivity contribution < 1.29 is 14.3 Å². The largest absolute Gasteiger partial charge is 0.481 e. The second-order valence-corrected chi connectivity index (χ2v) is 5.27. The lowest BCUT2D eigenvalue weighted by atomic mass is 10.0. The Balaban J connectivity index is 2.32. The molecule has 0 aliphatic heterocycles. The van der Waals surface area contributed by atoms with E-state index in [9.17, 15) is 4.79 Å². The van der Waals surface area contributed by atoms with Crippen molar-refractivity contribution in [1.82, 2.24) is 20.2 Å². The highest BCUT2D eigenvalue weighted by Gasteiger charge is 2.21. The fourth-order valence-corrected chi connectivity index (χ4v) is 2.46. The summed E-state index contributed by atoms with van der Waals surface area (Å²) in [6, 6.07) is 0. The first-order valence-corrected chi connectivity index (χ1v) is 6.98. The summed E-state index contributed by atoms with van der Waals surface area (Å²) in [5, 5.41) is 20.8. The van der Waals surface area contributed by atoms with Gasteiger partial charge in [0.15, 0.2) is 5.82 Å². The van der Waals surface area contributed by atoms with Crippen LogP contribution in [0.4, 0.5) is 0 Å². The number of aryl methyl sites for hydroxylation is 2. The summed E-state index contributed by atoms with van der Waals surface area (Å²) in [5.41, 5.74) is 1.90. The first kappa shape index (κ1) is 15.2. The van der Waals surface area contributed by atoms with E-state index >= 15 is 0 Å². The monoisotopic (exact) mass is 292 g/mol. The van der Waals surface area contributed by atoms with Gasteiger partial charge >= 0.3 is 5.97 Å². The molecule has 1 N–H and O–H groups in total. The number of aliphatic carboxylic acids is 1. The van der Waals surface area contributed by atoms with E-state index in [1.54, 1.807) is 4.68 Å². The average molecular weight is 292 g/mol. The molecule has 0 amide bonds. The van der Waals surface area contributed by atoms with Gasteiger partial charge in [0.2, 0.25) is 0 Å². The van der Waals surface area contributed by atoms with Crippen molar-refractivity contribution in [2.75, 3.05) is 0 Å². The van der Waals surface area contributed by atoms with Crippen LogP contribution in [-0.4, -0.2) is 31.3 Å². The van der Waals surface area contributed by atoms with Gasteiger partial charge in [-0.25, -0.2) is 4.68 Å². The molecule has 0 spiro atoms. The summed E-state index contributed by atoms with van der Waals surface area (Å²) in [5.74, 6) is 1.44. The quantitative estimate of drug-likeness (QED) is 0.878. The molecule has 1 unspecified atom stereocenters. The molecule has 2 aromatic rings. The van der Waals surface area contributed by atoms with Gasteiger partial charge in [-0.05, 0) is 37.1 Å². The van der Waals surface area contributed by atoms with E-state index < -0.39 is 5.97 Å². The van der Waals surface area contributed by atoms with Gasteiger partial charge < -0.3 is 9.52 Å². The third-order valence-electron chi connectivity index (χ3n) is 3.79. The Labute approximate surface area is 123 Å². The zero-order valence-corrected chi connectivity index (χ0v) is 12.8. The lowest BCUT2D eigenvalue weighted by molar-refractivity contribution is -0.138. The van der Waals surface area contributed by atoms with Crippen LogP contribution in [0, 0.1) is 26.7 Å². The van der Waals surface area contributed by atoms with Gasteiger partial charge in [-0.1, -0.05) is 13.3 Å². The highest BCUT2D eigenvalue weighted by molar-refractivity contribution is 5.67.